The average molecular weight is 249 g/mol. The second kappa shape index (κ2) is 7.42. The summed E-state index contributed by atoms with van der Waals surface area (Å²) < 4.78 is 0. The maximum atomic E-state index is 9.47. The van der Waals surface area contributed by atoms with Crippen LogP contribution in [-0.4, -0.2) is 11.1 Å². The van der Waals surface area contributed by atoms with E-state index in [4.69, 9.17) is 0 Å². The second-order valence-electron chi connectivity index (χ2n) is 5.71. The minimum Gasteiger partial charge on any atom is -0.508 e. The van der Waals surface area contributed by atoms with Crippen LogP contribution in [-0.2, 0) is 0 Å². The Hall–Kier alpha value is -1.02. The van der Waals surface area contributed by atoms with E-state index in [9.17, 15) is 5.11 Å². The van der Waals surface area contributed by atoms with Gasteiger partial charge in [0.15, 0.2) is 0 Å². The van der Waals surface area contributed by atoms with Gasteiger partial charge in [-0.05, 0) is 43.9 Å². The average Bonchev–Trinajstić information content (AvgIpc) is 2.28. The van der Waals surface area contributed by atoms with Crippen LogP contribution in [0.2, 0.25) is 0 Å². The molecule has 0 aliphatic heterocycles. The van der Waals surface area contributed by atoms with Crippen LogP contribution in [0.15, 0.2) is 24.3 Å². The predicted octanol–water partition coefficient (Wildman–Crippen LogP) is 4.26. The molecule has 0 spiro atoms. The number of aromatic hydroxyl groups is 1. The molecule has 0 aliphatic carbocycles. The first kappa shape index (κ1) is 15.0. The van der Waals surface area contributed by atoms with Crippen LogP contribution >= 0.6 is 0 Å². The van der Waals surface area contributed by atoms with Crippen molar-refractivity contribution < 1.29 is 5.11 Å². The summed E-state index contributed by atoms with van der Waals surface area (Å²) in [6, 6.07) is 8.29. The lowest BCUT2D eigenvalue weighted by molar-refractivity contribution is 0.421. The van der Waals surface area contributed by atoms with Gasteiger partial charge in [0, 0.05) is 12.1 Å². The van der Waals surface area contributed by atoms with Crippen molar-refractivity contribution in [1.29, 1.82) is 0 Å². The molecule has 1 rings (SSSR count). The van der Waals surface area contributed by atoms with Gasteiger partial charge in [-0.25, -0.2) is 0 Å². The summed E-state index contributed by atoms with van der Waals surface area (Å²) in [5.74, 6) is 1.13. The van der Waals surface area contributed by atoms with Gasteiger partial charge < -0.3 is 10.4 Å². The Morgan fingerprint density at radius 2 is 1.83 bits per heavy atom. The van der Waals surface area contributed by atoms with Crippen molar-refractivity contribution in [3.05, 3.63) is 29.8 Å². The number of benzene rings is 1. The fourth-order valence-electron chi connectivity index (χ4n) is 2.23. The monoisotopic (exact) mass is 249 g/mol. The van der Waals surface area contributed by atoms with Gasteiger partial charge in [0.25, 0.3) is 0 Å². The summed E-state index contributed by atoms with van der Waals surface area (Å²) in [4.78, 5) is 0. The molecular formula is C16H27NO. The Bertz CT molecular complexity index is 349. The summed E-state index contributed by atoms with van der Waals surface area (Å²) in [7, 11) is 0. The molecule has 1 aromatic rings. The molecule has 18 heavy (non-hydrogen) atoms. The van der Waals surface area contributed by atoms with E-state index in [1.54, 1.807) is 6.07 Å². The van der Waals surface area contributed by atoms with Crippen molar-refractivity contribution in [2.24, 2.45) is 5.92 Å². The number of phenolic OH excluding ortho intramolecular Hbond substituents is 1. The van der Waals surface area contributed by atoms with Crippen LogP contribution in [0.4, 0.5) is 0 Å². The molecule has 1 aromatic carbocycles. The van der Waals surface area contributed by atoms with E-state index in [1.165, 1.54) is 19.3 Å². The van der Waals surface area contributed by atoms with Crippen molar-refractivity contribution in [1.82, 2.24) is 5.32 Å². The molecule has 0 aliphatic rings. The zero-order chi connectivity index (χ0) is 13.5. The molecule has 2 heteroatoms. The molecule has 0 bridgehead atoms. The van der Waals surface area contributed by atoms with E-state index in [1.807, 2.05) is 12.1 Å². The van der Waals surface area contributed by atoms with Gasteiger partial charge in [0.1, 0.15) is 5.75 Å². The SMILES string of the molecule is CC(C)CCCC(C)NC(C)c1cccc(O)c1. The Morgan fingerprint density at radius 3 is 2.44 bits per heavy atom. The predicted molar refractivity (Wildman–Crippen MR) is 77.8 cm³/mol. The Balaban J connectivity index is 2.37. The standard InChI is InChI=1S/C16H27NO/c1-12(2)7-5-8-13(3)17-14(4)15-9-6-10-16(18)11-15/h6,9-14,17-18H,5,7-8H2,1-4H3. The number of phenols is 1. The quantitative estimate of drug-likeness (QED) is 0.757. The molecule has 2 atom stereocenters. The van der Waals surface area contributed by atoms with Gasteiger partial charge in [-0.1, -0.05) is 38.8 Å². The number of hydrogen-bond donors (Lipinski definition) is 2. The highest BCUT2D eigenvalue weighted by Crippen LogP contribution is 2.19. The van der Waals surface area contributed by atoms with Gasteiger partial charge in [-0.3, -0.25) is 0 Å². The highest BCUT2D eigenvalue weighted by molar-refractivity contribution is 5.29. The lowest BCUT2D eigenvalue weighted by Gasteiger charge is -2.20. The van der Waals surface area contributed by atoms with Gasteiger partial charge in [0.05, 0.1) is 0 Å². The van der Waals surface area contributed by atoms with Crippen molar-refractivity contribution in [3.63, 3.8) is 0 Å². The van der Waals surface area contributed by atoms with E-state index in [2.05, 4.69) is 39.1 Å². The normalized spacial score (nSPS) is 14.7. The first-order valence-electron chi connectivity index (χ1n) is 7.04. The summed E-state index contributed by atoms with van der Waals surface area (Å²) in [5.41, 5.74) is 1.14. The maximum absolute atomic E-state index is 9.47. The molecule has 0 amide bonds. The topological polar surface area (TPSA) is 32.3 Å². The third-order valence-corrected chi connectivity index (χ3v) is 3.32. The second-order valence-corrected chi connectivity index (χ2v) is 5.71. The van der Waals surface area contributed by atoms with Crippen molar-refractivity contribution in [2.75, 3.05) is 0 Å². The molecular weight excluding hydrogens is 222 g/mol. The van der Waals surface area contributed by atoms with E-state index < -0.39 is 0 Å². The van der Waals surface area contributed by atoms with Crippen LogP contribution in [0, 0.1) is 5.92 Å². The smallest absolute Gasteiger partial charge is 0.115 e. The van der Waals surface area contributed by atoms with Crippen LogP contribution in [0.3, 0.4) is 0 Å². The fraction of sp³-hybridized carbons (Fsp3) is 0.625. The Morgan fingerprint density at radius 1 is 1.11 bits per heavy atom. The largest absolute Gasteiger partial charge is 0.508 e. The molecule has 0 saturated heterocycles. The molecule has 0 aromatic heterocycles. The van der Waals surface area contributed by atoms with Gasteiger partial charge in [-0.15, -0.1) is 0 Å². The maximum Gasteiger partial charge on any atom is 0.115 e. The number of rotatable bonds is 7. The molecule has 0 saturated carbocycles. The lowest BCUT2D eigenvalue weighted by Crippen LogP contribution is -2.28. The molecule has 0 radical (unpaired) electrons. The van der Waals surface area contributed by atoms with Crippen molar-refractivity contribution >= 4 is 0 Å². The zero-order valence-corrected chi connectivity index (χ0v) is 12.1. The van der Waals surface area contributed by atoms with Crippen molar-refractivity contribution in [2.45, 2.75) is 59.0 Å². The van der Waals surface area contributed by atoms with E-state index in [-0.39, 0.29) is 6.04 Å². The molecule has 2 nitrogen and oxygen atoms in total. The molecule has 2 N–H and O–H groups in total. The third-order valence-electron chi connectivity index (χ3n) is 3.32. The highest BCUT2D eigenvalue weighted by Gasteiger charge is 2.09. The summed E-state index contributed by atoms with van der Waals surface area (Å²) >= 11 is 0. The lowest BCUT2D eigenvalue weighted by atomic mass is 10.0. The zero-order valence-electron chi connectivity index (χ0n) is 12.1. The highest BCUT2D eigenvalue weighted by atomic mass is 16.3. The minimum absolute atomic E-state index is 0.283. The van der Waals surface area contributed by atoms with E-state index in [0.29, 0.717) is 11.8 Å². The van der Waals surface area contributed by atoms with Crippen LogP contribution in [0.5, 0.6) is 5.75 Å². The molecule has 0 fully saturated rings. The Kier molecular flexibility index (Phi) is 6.20. The first-order valence-corrected chi connectivity index (χ1v) is 7.04. The first-order chi connectivity index (χ1) is 8.49. The van der Waals surface area contributed by atoms with Gasteiger partial charge >= 0.3 is 0 Å². The molecule has 0 heterocycles. The number of nitrogens with one attached hydrogen (secondary N) is 1. The summed E-state index contributed by atoms with van der Waals surface area (Å²) in [6.45, 7) is 8.92. The molecule has 2 unspecified atom stereocenters. The van der Waals surface area contributed by atoms with Crippen molar-refractivity contribution in [3.8, 4) is 5.75 Å². The van der Waals surface area contributed by atoms with E-state index in [0.717, 1.165) is 11.5 Å². The van der Waals surface area contributed by atoms with E-state index >= 15 is 0 Å². The number of hydrogen-bond acceptors (Lipinski definition) is 2. The summed E-state index contributed by atoms with van der Waals surface area (Å²) in [6.07, 6.45) is 3.78. The Labute approximate surface area is 111 Å². The third kappa shape index (κ3) is 5.54. The van der Waals surface area contributed by atoms with Crippen LogP contribution in [0.25, 0.3) is 0 Å². The van der Waals surface area contributed by atoms with Gasteiger partial charge in [0.2, 0.25) is 0 Å². The van der Waals surface area contributed by atoms with Crippen LogP contribution < -0.4 is 5.32 Å². The fourth-order valence-corrected chi connectivity index (χ4v) is 2.23. The minimum atomic E-state index is 0.283. The summed E-state index contributed by atoms with van der Waals surface area (Å²) in [5, 5.41) is 13.1. The van der Waals surface area contributed by atoms with Crippen LogP contribution in [0.1, 0.15) is 58.6 Å². The van der Waals surface area contributed by atoms with Gasteiger partial charge in [-0.2, -0.15) is 0 Å². The molecule has 102 valence electrons.